The number of aryl methyl sites for hydroxylation is 1. The molecule has 41 heavy (non-hydrogen) atoms. The zero-order valence-electron chi connectivity index (χ0n) is 23.8. The number of nitrogens with one attached hydrogen (secondary N) is 1. The molecule has 1 aliphatic heterocycles. The van der Waals surface area contributed by atoms with Gasteiger partial charge in [0.2, 0.25) is 15.9 Å². The van der Waals surface area contributed by atoms with Crippen LogP contribution in [0.25, 0.3) is 0 Å². The van der Waals surface area contributed by atoms with Crippen LogP contribution in [0.3, 0.4) is 0 Å². The Balaban J connectivity index is 1.37. The lowest BCUT2D eigenvalue weighted by Crippen LogP contribution is -2.43. The van der Waals surface area contributed by atoms with Gasteiger partial charge in [-0.1, -0.05) is 56.0 Å². The molecule has 3 amide bonds. The summed E-state index contributed by atoms with van der Waals surface area (Å²) in [7, 11) is -3.48. The number of para-hydroxylation sites is 1. The van der Waals surface area contributed by atoms with Crippen LogP contribution in [0.15, 0.2) is 53.5 Å². The van der Waals surface area contributed by atoms with E-state index in [1.807, 2.05) is 42.5 Å². The fourth-order valence-electron chi connectivity index (χ4n) is 5.79. The third kappa shape index (κ3) is 8.29. The number of amidine groups is 1. The summed E-state index contributed by atoms with van der Waals surface area (Å²) >= 11 is 0. The highest BCUT2D eigenvalue weighted by molar-refractivity contribution is 7.89. The summed E-state index contributed by atoms with van der Waals surface area (Å²) in [5, 5.41) is 2.76. The van der Waals surface area contributed by atoms with E-state index in [1.165, 1.54) is 24.1 Å². The molecule has 11 heteroatoms. The number of rotatable bonds is 9. The van der Waals surface area contributed by atoms with Crippen molar-refractivity contribution in [1.29, 1.82) is 0 Å². The Morgan fingerprint density at radius 3 is 2.32 bits per heavy atom. The minimum absolute atomic E-state index is 0.0379. The van der Waals surface area contributed by atoms with Gasteiger partial charge in [0.1, 0.15) is 5.84 Å². The van der Waals surface area contributed by atoms with Crippen LogP contribution in [-0.2, 0) is 21.2 Å². The fourth-order valence-corrected chi connectivity index (χ4v) is 7.29. The third-order valence-corrected chi connectivity index (χ3v) is 9.82. The van der Waals surface area contributed by atoms with Gasteiger partial charge in [0.15, 0.2) is 0 Å². The van der Waals surface area contributed by atoms with Gasteiger partial charge in [0.05, 0.1) is 11.8 Å². The van der Waals surface area contributed by atoms with Gasteiger partial charge in [-0.3, -0.25) is 14.7 Å². The second-order valence-electron chi connectivity index (χ2n) is 11.0. The van der Waals surface area contributed by atoms with E-state index >= 15 is 0 Å². The molecule has 0 aromatic heterocycles. The van der Waals surface area contributed by atoms with E-state index in [1.54, 1.807) is 11.0 Å². The summed E-state index contributed by atoms with van der Waals surface area (Å²) in [6.45, 7) is 2.17. The molecule has 1 saturated carbocycles. The number of piperidine rings is 1. The SMILES string of the molecule is CC(=O)Nc1ccccc1CCS(=O)(=O)N1CCC(N=C(N)c2cccc(N(C(N)=O)C3CCCCCC3)c2)CC1. The first kappa shape index (κ1) is 30.5. The maximum absolute atomic E-state index is 13.1. The number of primary amides is 1. The summed E-state index contributed by atoms with van der Waals surface area (Å²) in [5.41, 5.74) is 15.1. The Kier molecular flexibility index (Phi) is 10.4. The van der Waals surface area contributed by atoms with E-state index < -0.39 is 16.1 Å². The number of nitrogens with zero attached hydrogens (tertiary/aromatic N) is 3. The molecule has 0 bridgehead atoms. The van der Waals surface area contributed by atoms with Crippen molar-refractivity contribution >= 4 is 39.2 Å². The molecule has 2 fully saturated rings. The normalized spacial score (nSPS) is 18.0. The molecule has 0 unspecified atom stereocenters. The van der Waals surface area contributed by atoms with Crippen LogP contribution in [0.4, 0.5) is 16.2 Å². The van der Waals surface area contributed by atoms with Crippen molar-refractivity contribution in [2.75, 3.05) is 29.1 Å². The van der Waals surface area contributed by atoms with E-state index in [0.717, 1.165) is 42.5 Å². The van der Waals surface area contributed by atoms with Gasteiger partial charge in [-0.25, -0.2) is 17.5 Å². The molecule has 0 spiro atoms. The smallest absolute Gasteiger partial charge is 0.319 e. The molecule has 2 aromatic carbocycles. The molecular formula is C30H42N6O4S. The topological polar surface area (TPSA) is 151 Å². The molecule has 1 saturated heterocycles. The predicted octanol–water partition coefficient (Wildman–Crippen LogP) is 4.00. The quantitative estimate of drug-likeness (QED) is 0.232. The molecule has 2 aliphatic rings. The number of carbonyl (C=O) groups excluding carboxylic acids is 2. The third-order valence-electron chi connectivity index (χ3n) is 7.94. The predicted molar refractivity (Wildman–Crippen MR) is 164 cm³/mol. The van der Waals surface area contributed by atoms with Crippen LogP contribution in [0.2, 0.25) is 0 Å². The highest BCUT2D eigenvalue weighted by Gasteiger charge is 2.29. The Morgan fingerprint density at radius 1 is 0.976 bits per heavy atom. The van der Waals surface area contributed by atoms with Gasteiger partial charge in [0.25, 0.3) is 0 Å². The number of benzene rings is 2. The number of nitrogens with two attached hydrogens (primary N) is 2. The van der Waals surface area contributed by atoms with Gasteiger partial charge in [0, 0.05) is 43.0 Å². The summed E-state index contributed by atoms with van der Waals surface area (Å²) in [6, 6.07) is 14.2. The average molecular weight is 583 g/mol. The highest BCUT2D eigenvalue weighted by atomic mass is 32.2. The van der Waals surface area contributed by atoms with Crippen molar-refractivity contribution < 1.29 is 18.0 Å². The average Bonchev–Trinajstić information content (AvgIpc) is 3.22. The van der Waals surface area contributed by atoms with E-state index in [2.05, 4.69) is 5.32 Å². The van der Waals surface area contributed by atoms with Crippen LogP contribution in [0.5, 0.6) is 0 Å². The van der Waals surface area contributed by atoms with E-state index in [0.29, 0.717) is 43.9 Å². The first-order valence-electron chi connectivity index (χ1n) is 14.5. The van der Waals surface area contributed by atoms with E-state index in [4.69, 9.17) is 16.5 Å². The van der Waals surface area contributed by atoms with Crippen LogP contribution in [0, 0.1) is 0 Å². The van der Waals surface area contributed by atoms with Crippen LogP contribution >= 0.6 is 0 Å². The van der Waals surface area contributed by atoms with Crippen LogP contribution < -0.4 is 21.7 Å². The van der Waals surface area contributed by atoms with Crippen molar-refractivity contribution in [3.05, 3.63) is 59.7 Å². The summed E-state index contributed by atoms with van der Waals surface area (Å²) in [6.07, 6.45) is 7.82. The van der Waals surface area contributed by atoms with Crippen molar-refractivity contribution in [2.45, 2.75) is 76.8 Å². The zero-order chi connectivity index (χ0) is 29.4. The Morgan fingerprint density at radius 2 is 1.66 bits per heavy atom. The number of hydrogen-bond donors (Lipinski definition) is 3. The second-order valence-corrected chi connectivity index (χ2v) is 13.0. The Bertz CT molecular complexity index is 1350. The fraction of sp³-hybridized carbons (Fsp3) is 0.500. The number of amides is 3. The zero-order valence-corrected chi connectivity index (χ0v) is 24.6. The summed E-state index contributed by atoms with van der Waals surface area (Å²) < 4.78 is 27.7. The minimum Gasteiger partial charge on any atom is -0.383 e. The number of aliphatic imine (C=N–C) groups is 1. The number of hydrogen-bond acceptors (Lipinski definition) is 5. The lowest BCUT2D eigenvalue weighted by atomic mass is 10.0. The van der Waals surface area contributed by atoms with Gasteiger partial charge in [-0.05, 0) is 55.9 Å². The first-order valence-corrected chi connectivity index (χ1v) is 16.1. The van der Waals surface area contributed by atoms with Crippen molar-refractivity contribution in [1.82, 2.24) is 4.31 Å². The first-order chi connectivity index (χ1) is 19.6. The summed E-state index contributed by atoms with van der Waals surface area (Å²) in [5.74, 6) is 0.135. The van der Waals surface area contributed by atoms with Crippen molar-refractivity contribution in [3.8, 4) is 0 Å². The second kappa shape index (κ2) is 14.0. The van der Waals surface area contributed by atoms with Crippen molar-refractivity contribution in [3.63, 3.8) is 0 Å². The van der Waals surface area contributed by atoms with E-state index in [-0.39, 0.29) is 23.7 Å². The molecule has 1 heterocycles. The van der Waals surface area contributed by atoms with Gasteiger partial charge >= 0.3 is 6.03 Å². The molecule has 1 aliphatic carbocycles. The van der Waals surface area contributed by atoms with Gasteiger partial charge in [-0.15, -0.1) is 0 Å². The van der Waals surface area contributed by atoms with Crippen LogP contribution in [-0.4, -0.2) is 61.4 Å². The molecule has 222 valence electrons. The van der Waals surface area contributed by atoms with Gasteiger partial charge in [-0.2, -0.15) is 0 Å². The van der Waals surface area contributed by atoms with Crippen molar-refractivity contribution in [2.24, 2.45) is 16.5 Å². The Hall–Kier alpha value is -3.44. The monoisotopic (exact) mass is 582 g/mol. The summed E-state index contributed by atoms with van der Waals surface area (Å²) in [4.78, 5) is 30.3. The lowest BCUT2D eigenvalue weighted by Gasteiger charge is -2.30. The maximum Gasteiger partial charge on any atom is 0.319 e. The van der Waals surface area contributed by atoms with Crippen LogP contribution in [0.1, 0.15) is 69.4 Å². The van der Waals surface area contributed by atoms with Gasteiger partial charge < -0.3 is 16.8 Å². The largest absolute Gasteiger partial charge is 0.383 e. The number of sulfonamides is 1. The number of anilines is 2. The lowest BCUT2D eigenvalue weighted by molar-refractivity contribution is -0.114. The molecule has 10 nitrogen and oxygen atoms in total. The number of urea groups is 1. The Labute approximate surface area is 243 Å². The molecule has 4 rings (SSSR count). The molecule has 2 aromatic rings. The molecule has 5 N–H and O–H groups in total. The maximum atomic E-state index is 13.1. The molecule has 0 radical (unpaired) electrons. The highest BCUT2D eigenvalue weighted by Crippen LogP contribution is 2.28. The molecule has 0 atom stereocenters. The number of carbonyl (C=O) groups is 2. The molecular weight excluding hydrogens is 540 g/mol. The minimum atomic E-state index is -3.48. The standard InChI is InChI=1S/C30H42N6O4S/c1-22(37)33-28-14-7-6-9-23(28)17-20-41(39,40)35-18-15-25(16-19-35)34-29(31)24-10-8-13-27(21-24)36(30(32)38)26-11-4-2-3-5-12-26/h6-10,13-14,21,25-26H,2-5,11-12,15-20H2,1H3,(H2,31,34)(H2,32,38)(H,33,37). The van der Waals surface area contributed by atoms with E-state index in [9.17, 15) is 18.0 Å².